The predicted octanol–water partition coefficient (Wildman–Crippen LogP) is 4.39. The van der Waals surface area contributed by atoms with E-state index in [2.05, 4.69) is 29.4 Å². The summed E-state index contributed by atoms with van der Waals surface area (Å²) in [6.07, 6.45) is 0. The van der Waals surface area contributed by atoms with E-state index in [-0.39, 0.29) is 5.91 Å². The van der Waals surface area contributed by atoms with Crippen LogP contribution < -0.4 is 10.1 Å². The van der Waals surface area contributed by atoms with Crippen molar-refractivity contribution in [2.45, 2.75) is 20.1 Å². The number of hydrogen-bond donors (Lipinski definition) is 1. The van der Waals surface area contributed by atoms with E-state index in [4.69, 9.17) is 4.74 Å². The maximum absolute atomic E-state index is 12.6. The molecule has 0 aliphatic carbocycles. The third-order valence-electron chi connectivity index (χ3n) is 4.87. The van der Waals surface area contributed by atoms with Crippen LogP contribution in [-0.4, -0.2) is 15.5 Å². The van der Waals surface area contributed by atoms with Crippen LogP contribution in [0, 0.1) is 6.92 Å². The maximum atomic E-state index is 12.6. The molecule has 0 spiro atoms. The molecular formula is C24H23N3O2. The van der Waals surface area contributed by atoms with Gasteiger partial charge in [0.15, 0.2) is 0 Å². The number of para-hydroxylation sites is 2. The molecule has 0 saturated heterocycles. The zero-order chi connectivity index (χ0) is 20.2. The van der Waals surface area contributed by atoms with Gasteiger partial charge in [0.2, 0.25) is 0 Å². The molecule has 1 heterocycles. The first-order valence-electron chi connectivity index (χ1n) is 9.57. The Morgan fingerprint density at radius 3 is 2.69 bits per heavy atom. The molecule has 0 radical (unpaired) electrons. The summed E-state index contributed by atoms with van der Waals surface area (Å²) >= 11 is 0. The molecule has 0 bridgehead atoms. The molecule has 146 valence electrons. The quantitative estimate of drug-likeness (QED) is 0.535. The largest absolute Gasteiger partial charge is 0.489 e. The number of nitrogens with zero attached hydrogens (tertiary/aromatic N) is 2. The summed E-state index contributed by atoms with van der Waals surface area (Å²) in [7, 11) is 1.95. The number of imidazole rings is 1. The Bertz CT molecular complexity index is 1160. The maximum Gasteiger partial charge on any atom is 0.251 e. The SMILES string of the molecule is Cc1cccc(COc2cccc(C(=O)NCc3nc4ccccc4n3C)c2)c1. The Hall–Kier alpha value is -3.60. The summed E-state index contributed by atoms with van der Waals surface area (Å²) in [5.41, 5.74) is 4.82. The number of aromatic nitrogens is 2. The smallest absolute Gasteiger partial charge is 0.251 e. The summed E-state index contributed by atoms with van der Waals surface area (Å²) in [6.45, 7) is 2.88. The summed E-state index contributed by atoms with van der Waals surface area (Å²) in [4.78, 5) is 17.2. The van der Waals surface area contributed by atoms with Gasteiger partial charge < -0.3 is 14.6 Å². The van der Waals surface area contributed by atoms with Crippen molar-refractivity contribution >= 4 is 16.9 Å². The van der Waals surface area contributed by atoms with Crippen molar-refractivity contribution in [3.05, 3.63) is 95.3 Å². The van der Waals surface area contributed by atoms with Crippen LogP contribution in [-0.2, 0) is 20.2 Å². The van der Waals surface area contributed by atoms with Crippen LogP contribution in [0.15, 0.2) is 72.8 Å². The third-order valence-corrected chi connectivity index (χ3v) is 4.87. The van der Waals surface area contributed by atoms with Gasteiger partial charge >= 0.3 is 0 Å². The average Bonchev–Trinajstić information content (AvgIpc) is 3.07. The molecule has 0 aliphatic heterocycles. The van der Waals surface area contributed by atoms with Gasteiger partial charge in [0.05, 0.1) is 17.6 Å². The average molecular weight is 385 g/mol. The minimum atomic E-state index is -0.155. The second-order valence-corrected chi connectivity index (χ2v) is 7.06. The van der Waals surface area contributed by atoms with Crippen LogP contribution in [0.25, 0.3) is 11.0 Å². The second-order valence-electron chi connectivity index (χ2n) is 7.06. The molecule has 4 rings (SSSR count). The first kappa shape index (κ1) is 18.7. The van der Waals surface area contributed by atoms with E-state index in [1.165, 1.54) is 5.56 Å². The van der Waals surface area contributed by atoms with Crippen LogP contribution >= 0.6 is 0 Å². The van der Waals surface area contributed by atoms with E-state index in [1.54, 1.807) is 12.1 Å². The fourth-order valence-corrected chi connectivity index (χ4v) is 3.31. The van der Waals surface area contributed by atoms with Crippen LogP contribution in [0.3, 0.4) is 0 Å². The molecule has 4 aromatic rings. The summed E-state index contributed by atoms with van der Waals surface area (Å²) < 4.78 is 7.86. The molecule has 0 fully saturated rings. The molecule has 1 amide bonds. The molecule has 0 saturated carbocycles. The normalized spacial score (nSPS) is 10.8. The Labute approximate surface area is 170 Å². The molecule has 1 N–H and O–H groups in total. The highest BCUT2D eigenvalue weighted by Crippen LogP contribution is 2.17. The number of hydrogen-bond acceptors (Lipinski definition) is 3. The lowest BCUT2D eigenvalue weighted by Crippen LogP contribution is -2.24. The number of aryl methyl sites for hydroxylation is 2. The first-order chi connectivity index (χ1) is 14.1. The van der Waals surface area contributed by atoms with Crippen LogP contribution in [0.2, 0.25) is 0 Å². The molecule has 3 aromatic carbocycles. The lowest BCUT2D eigenvalue weighted by Gasteiger charge is -2.09. The first-order valence-corrected chi connectivity index (χ1v) is 9.57. The number of benzene rings is 3. The summed E-state index contributed by atoms with van der Waals surface area (Å²) in [5.74, 6) is 1.33. The van der Waals surface area contributed by atoms with Gasteiger partial charge in [0.1, 0.15) is 18.2 Å². The zero-order valence-corrected chi connectivity index (χ0v) is 16.6. The molecule has 0 atom stereocenters. The van der Waals surface area contributed by atoms with Crippen LogP contribution in [0.5, 0.6) is 5.75 Å². The number of nitrogens with one attached hydrogen (secondary N) is 1. The molecular weight excluding hydrogens is 362 g/mol. The van der Waals surface area contributed by atoms with Crippen molar-refractivity contribution in [3.8, 4) is 5.75 Å². The van der Waals surface area contributed by atoms with Gasteiger partial charge in [-0.2, -0.15) is 0 Å². The fourth-order valence-electron chi connectivity index (χ4n) is 3.31. The lowest BCUT2D eigenvalue weighted by molar-refractivity contribution is 0.0949. The highest BCUT2D eigenvalue weighted by atomic mass is 16.5. The Morgan fingerprint density at radius 1 is 1.03 bits per heavy atom. The van der Waals surface area contributed by atoms with Gasteiger partial charge in [-0.15, -0.1) is 0 Å². The summed E-state index contributed by atoms with van der Waals surface area (Å²) in [6, 6.07) is 23.3. The van der Waals surface area contributed by atoms with Gasteiger partial charge in [0.25, 0.3) is 5.91 Å². The number of carbonyl (C=O) groups is 1. The van der Waals surface area contributed by atoms with Crippen molar-refractivity contribution in [2.24, 2.45) is 7.05 Å². The molecule has 1 aromatic heterocycles. The van der Waals surface area contributed by atoms with Gasteiger partial charge in [-0.05, 0) is 42.8 Å². The van der Waals surface area contributed by atoms with Crippen molar-refractivity contribution in [3.63, 3.8) is 0 Å². The third kappa shape index (κ3) is 4.29. The summed E-state index contributed by atoms with van der Waals surface area (Å²) in [5, 5.41) is 2.95. The van der Waals surface area contributed by atoms with E-state index in [1.807, 2.05) is 60.1 Å². The molecule has 0 aliphatic rings. The second kappa shape index (κ2) is 8.19. The highest BCUT2D eigenvalue weighted by Gasteiger charge is 2.11. The van der Waals surface area contributed by atoms with Crippen LogP contribution in [0.4, 0.5) is 0 Å². The topological polar surface area (TPSA) is 56.1 Å². The minimum absolute atomic E-state index is 0.155. The van der Waals surface area contributed by atoms with E-state index in [9.17, 15) is 4.79 Å². The fraction of sp³-hybridized carbons (Fsp3) is 0.167. The van der Waals surface area contributed by atoms with Crippen molar-refractivity contribution in [1.82, 2.24) is 14.9 Å². The predicted molar refractivity (Wildman–Crippen MR) is 114 cm³/mol. The standard InChI is InChI=1S/C24H23N3O2/c1-17-7-5-8-18(13-17)16-29-20-10-6-9-19(14-20)24(28)25-15-23-26-21-11-3-4-12-22(21)27(23)2/h3-14H,15-16H2,1-2H3,(H,25,28). The van der Waals surface area contributed by atoms with Crippen molar-refractivity contribution < 1.29 is 9.53 Å². The number of rotatable bonds is 6. The molecule has 5 nitrogen and oxygen atoms in total. The zero-order valence-electron chi connectivity index (χ0n) is 16.6. The Balaban J connectivity index is 1.40. The Kier molecular flexibility index (Phi) is 5.29. The molecule has 5 heteroatoms. The van der Waals surface area contributed by atoms with E-state index in [0.717, 1.165) is 22.4 Å². The molecule has 29 heavy (non-hydrogen) atoms. The number of fused-ring (bicyclic) bond motifs is 1. The number of carbonyl (C=O) groups excluding carboxylic acids is 1. The van der Waals surface area contributed by atoms with E-state index >= 15 is 0 Å². The lowest BCUT2D eigenvalue weighted by atomic mass is 10.1. The minimum Gasteiger partial charge on any atom is -0.489 e. The molecule has 0 unspecified atom stereocenters. The van der Waals surface area contributed by atoms with Crippen molar-refractivity contribution in [2.75, 3.05) is 0 Å². The Morgan fingerprint density at radius 2 is 1.86 bits per heavy atom. The van der Waals surface area contributed by atoms with Gasteiger partial charge in [-0.25, -0.2) is 4.98 Å². The van der Waals surface area contributed by atoms with Gasteiger partial charge in [-0.3, -0.25) is 4.79 Å². The van der Waals surface area contributed by atoms with Crippen LogP contribution in [0.1, 0.15) is 27.3 Å². The van der Waals surface area contributed by atoms with Gasteiger partial charge in [0, 0.05) is 12.6 Å². The van der Waals surface area contributed by atoms with Gasteiger partial charge in [-0.1, -0.05) is 48.0 Å². The number of amides is 1. The van der Waals surface area contributed by atoms with E-state index < -0.39 is 0 Å². The van der Waals surface area contributed by atoms with E-state index in [0.29, 0.717) is 24.5 Å². The monoisotopic (exact) mass is 385 g/mol. The number of ether oxygens (including phenoxy) is 1. The van der Waals surface area contributed by atoms with Crippen molar-refractivity contribution in [1.29, 1.82) is 0 Å². The highest BCUT2D eigenvalue weighted by molar-refractivity contribution is 5.94.